The van der Waals surface area contributed by atoms with Crippen LogP contribution in [0.4, 0.5) is 0 Å². The number of nitrogens with zero attached hydrogens (tertiary/aromatic N) is 2. The van der Waals surface area contributed by atoms with Gasteiger partial charge in [-0.15, -0.1) is 0 Å². The van der Waals surface area contributed by atoms with Crippen LogP contribution in [0.1, 0.15) is 12.0 Å². The fourth-order valence-corrected chi connectivity index (χ4v) is 2.27. The predicted octanol–water partition coefficient (Wildman–Crippen LogP) is 3.13. The van der Waals surface area contributed by atoms with Crippen LogP contribution in [0.2, 0.25) is 5.15 Å². The summed E-state index contributed by atoms with van der Waals surface area (Å²) >= 11 is 7.71. The minimum atomic E-state index is -0.0661. The Morgan fingerprint density at radius 3 is 2.72 bits per heavy atom. The van der Waals surface area contributed by atoms with Crippen LogP contribution in [0.3, 0.4) is 0 Å². The standard InChI is InChI=1S/C13H12ClIN2O/c14-12-11(15)13(18)17(9-16-12)8-4-7-10-5-2-1-3-6-10/h1-3,5-6,9H,4,7-8H2. The molecule has 18 heavy (non-hydrogen) atoms. The molecule has 0 unspecified atom stereocenters. The molecular weight excluding hydrogens is 363 g/mol. The molecule has 0 aliphatic heterocycles. The van der Waals surface area contributed by atoms with Gasteiger partial charge in [0.05, 0.1) is 6.33 Å². The molecule has 2 aromatic rings. The van der Waals surface area contributed by atoms with E-state index in [0.717, 1.165) is 12.8 Å². The Balaban J connectivity index is 1.99. The summed E-state index contributed by atoms with van der Waals surface area (Å²) in [7, 11) is 0. The number of hydrogen-bond donors (Lipinski definition) is 0. The Hall–Kier alpha value is -0.880. The number of rotatable bonds is 4. The molecule has 2 rings (SSSR count). The van der Waals surface area contributed by atoms with E-state index in [2.05, 4.69) is 17.1 Å². The Morgan fingerprint density at radius 1 is 1.28 bits per heavy atom. The van der Waals surface area contributed by atoms with Gasteiger partial charge in [0.25, 0.3) is 5.56 Å². The molecule has 3 nitrogen and oxygen atoms in total. The highest BCUT2D eigenvalue weighted by Crippen LogP contribution is 2.10. The fourth-order valence-electron chi connectivity index (χ4n) is 1.70. The third kappa shape index (κ3) is 3.32. The van der Waals surface area contributed by atoms with Crippen molar-refractivity contribution in [2.45, 2.75) is 19.4 Å². The van der Waals surface area contributed by atoms with Crippen molar-refractivity contribution < 1.29 is 0 Å². The van der Waals surface area contributed by atoms with Crippen LogP contribution < -0.4 is 5.56 Å². The zero-order valence-corrected chi connectivity index (χ0v) is 12.6. The summed E-state index contributed by atoms with van der Waals surface area (Å²) in [5.74, 6) is 0. The van der Waals surface area contributed by atoms with E-state index in [0.29, 0.717) is 10.1 Å². The summed E-state index contributed by atoms with van der Waals surface area (Å²) in [5, 5.41) is 0.278. The third-order valence-corrected chi connectivity index (χ3v) is 4.23. The average Bonchev–Trinajstić information content (AvgIpc) is 2.40. The number of halogens is 2. The monoisotopic (exact) mass is 374 g/mol. The molecule has 0 saturated heterocycles. The van der Waals surface area contributed by atoms with Gasteiger partial charge in [-0.1, -0.05) is 41.9 Å². The second-order valence-corrected chi connectivity index (χ2v) is 5.37. The minimum Gasteiger partial charge on any atom is -0.298 e. The molecule has 0 N–H and O–H groups in total. The Bertz CT molecular complexity index is 583. The van der Waals surface area contributed by atoms with Gasteiger partial charge in [0.15, 0.2) is 0 Å². The van der Waals surface area contributed by atoms with E-state index in [1.54, 1.807) is 4.57 Å². The first-order chi connectivity index (χ1) is 8.68. The molecule has 1 heterocycles. The minimum absolute atomic E-state index is 0.0661. The van der Waals surface area contributed by atoms with Crippen molar-refractivity contribution >= 4 is 34.2 Å². The number of hydrogen-bond acceptors (Lipinski definition) is 2. The highest BCUT2D eigenvalue weighted by Gasteiger charge is 2.06. The molecule has 1 aromatic carbocycles. The molecule has 1 aromatic heterocycles. The van der Waals surface area contributed by atoms with Crippen LogP contribution in [0.5, 0.6) is 0 Å². The van der Waals surface area contributed by atoms with Crippen LogP contribution in [-0.4, -0.2) is 9.55 Å². The Labute approximate surface area is 124 Å². The first-order valence-electron chi connectivity index (χ1n) is 5.63. The van der Waals surface area contributed by atoms with Gasteiger partial charge in [-0.25, -0.2) is 4.98 Å². The predicted molar refractivity (Wildman–Crippen MR) is 81.0 cm³/mol. The van der Waals surface area contributed by atoms with E-state index in [9.17, 15) is 4.79 Å². The van der Waals surface area contributed by atoms with E-state index in [1.165, 1.54) is 11.9 Å². The van der Waals surface area contributed by atoms with Gasteiger partial charge in [-0.2, -0.15) is 0 Å². The molecule has 0 saturated carbocycles. The first-order valence-corrected chi connectivity index (χ1v) is 7.08. The third-order valence-electron chi connectivity index (χ3n) is 2.65. The lowest BCUT2D eigenvalue weighted by Crippen LogP contribution is -2.23. The molecule has 0 fully saturated rings. The molecule has 94 valence electrons. The maximum absolute atomic E-state index is 11.9. The second-order valence-electron chi connectivity index (χ2n) is 3.94. The van der Waals surface area contributed by atoms with Crippen LogP contribution in [0.15, 0.2) is 41.5 Å². The van der Waals surface area contributed by atoms with E-state index in [-0.39, 0.29) is 10.7 Å². The van der Waals surface area contributed by atoms with Gasteiger partial charge in [0, 0.05) is 6.54 Å². The zero-order chi connectivity index (χ0) is 13.0. The summed E-state index contributed by atoms with van der Waals surface area (Å²) in [6, 6.07) is 10.2. The summed E-state index contributed by atoms with van der Waals surface area (Å²) in [6.45, 7) is 0.661. The molecule has 0 radical (unpaired) electrons. The largest absolute Gasteiger partial charge is 0.298 e. The van der Waals surface area contributed by atoms with Crippen LogP contribution in [0.25, 0.3) is 0 Å². The number of aryl methyl sites for hydroxylation is 2. The van der Waals surface area contributed by atoms with Gasteiger partial charge in [-0.3, -0.25) is 9.36 Å². The molecule has 0 amide bonds. The second kappa shape index (κ2) is 6.33. The average molecular weight is 375 g/mol. The van der Waals surface area contributed by atoms with Crippen molar-refractivity contribution in [1.82, 2.24) is 9.55 Å². The summed E-state index contributed by atoms with van der Waals surface area (Å²) in [5.41, 5.74) is 1.21. The zero-order valence-electron chi connectivity index (χ0n) is 9.64. The maximum atomic E-state index is 11.9. The van der Waals surface area contributed by atoms with Gasteiger partial charge < -0.3 is 0 Å². The van der Waals surface area contributed by atoms with Gasteiger partial charge in [-0.05, 0) is 41.0 Å². The molecule has 0 atom stereocenters. The highest BCUT2D eigenvalue weighted by atomic mass is 127. The summed E-state index contributed by atoms with van der Waals surface area (Å²) in [4.78, 5) is 15.8. The van der Waals surface area contributed by atoms with Crippen molar-refractivity contribution in [2.24, 2.45) is 0 Å². The molecule has 5 heteroatoms. The van der Waals surface area contributed by atoms with Crippen LogP contribution >= 0.6 is 34.2 Å². The Morgan fingerprint density at radius 2 is 2.00 bits per heavy atom. The van der Waals surface area contributed by atoms with Gasteiger partial charge in [0.2, 0.25) is 0 Å². The highest BCUT2D eigenvalue weighted by molar-refractivity contribution is 14.1. The van der Waals surface area contributed by atoms with Crippen LogP contribution in [0, 0.1) is 3.57 Å². The van der Waals surface area contributed by atoms with E-state index in [4.69, 9.17) is 11.6 Å². The van der Waals surface area contributed by atoms with Crippen molar-refractivity contribution in [3.05, 3.63) is 61.3 Å². The van der Waals surface area contributed by atoms with E-state index in [1.807, 2.05) is 40.8 Å². The molecule has 0 spiro atoms. The molecule has 0 aliphatic carbocycles. The lowest BCUT2D eigenvalue weighted by Gasteiger charge is -2.06. The first kappa shape index (κ1) is 13.5. The fraction of sp³-hybridized carbons (Fsp3) is 0.231. The lowest BCUT2D eigenvalue weighted by molar-refractivity contribution is 0.609. The smallest absolute Gasteiger partial charge is 0.268 e. The number of aromatic nitrogens is 2. The maximum Gasteiger partial charge on any atom is 0.268 e. The topological polar surface area (TPSA) is 34.9 Å². The normalized spacial score (nSPS) is 10.6. The molecular formula is C13H12ClIN2O. The molecule has 0 aliphatic rings. The van der Waals surface area contributed by atoms with E-state index < -0.39 is 0 Å². The van der Waals surface area contributed by atoms with Crippen LogP contribution in [-0.2, 0) is 13.0 Å². The molecule has 0 bridgehead atoms. The quantitative estimate of drug-likeness (QED) is 0.609. The van der Waals surface area contributed by atoms with Crippen molar-refractivity contribution in [3.8, 4) is 0 Å². The summed E-state index contributed by atoms with van der Waals surface area (Å²) in [6.07, 6.45) is 3.37. The van der Waals surface area contributed by atoms with Gasteiger partial charge >= 0.3 is 0 Å². The van der Waals surface area contributed by atoms with Gasteiger partial charge in [0.1, 0.15) is 8.72 Å². The lowest BCUT2D eigenvalue weighted by atomic mass is 10.1. The number of benzene rings is 1. The Kier molecular flexibility index (Phi) is 4.77. The van der Waals surface area contributed by atoms with Crippen molar-refractivity contribution in [2.75, 3.05) is 0 Å². The van der Waals surface area contributed by atoms with Crippen molar-refractivity contribution in [3.63, 3.8) is 0 Å². The SMILES string of the molecule is O=c1c(I)c(Cl)ncn1CCCc1ccccc1. The van der Waals surface area contributed by atoms with E-state index >= 15 is 0 Å². The van der Waals surface area contributed by atoms with Crippen molar-refractivity contribution in [1.29, 1.82) is 0 Å². The summed E-state index contributed by atoms with van der Waals surface area (Å²) < 4.78 is 2.09.